The number of amides is 1. The van der Waals surface area contributed by atoms with Gasteiger partial charge in [-0.25, -0.2) is 0 Å². The van der Waals surface area contributed by atoms with Crippen molar-refractivity contribution in [2.24, 2.45) is 11.8 Å². The summed E-state index contributed by atoms with van der Waals surface area (Å²) in [6.07, 6.45) is 5.02. The highest BCUT2D eigenvalue weighted by Gasteiger charge is 2.40. The monoisotopic (exact) mass is 387 g/mol. The fourth-order valence-electron chi connectivity index (χ4n) is 4.10. The second kappa shape index (κ2) is 7.92. The van der Waals surface area contributed by atoms with Crippen molar-refractivity contribution >= 4 is 17.7 Å². The molecule has 3 atom stereocenters. The molecule has 4 rings (SSSR count). The maximum atomic E-state index is 12.2. The molecule has 1 aromatic heterocycles. The van der Waals surface area contributed by atoms with Crippen LogP contribution >= 0.6 is 11.8 Å². The van der Waals surface area contributed by atoms with E-state index in [1.54, 1.807) is 0 Å². The predicted molar refractivity (Wildman–Crippen MR) is 103 cm³/mol. The lowest BCUT2D eigenvalue weighted by Gasteiger charge is -2.22. The van der Waals surface area contributed by atoms with E-state index in [1.165, 1.54) is 42.2 Å². The van der Waals surface area contributed by atoms with Crippen molar-refractivity contribution in [3.63, 3.8) is 0 Å². The molecule has 27 heavy (non-hydrogen) atoms. The molecule has 0 saturated heterocycles. The molecule has 2 aliphatic carbocycles. The molecule has 2 bridgehead atoms. The van der Waals surface area contributed by atoms with Crippen LogP contribution in [0.2, 0.25) is 0 Å². The Morgan fingerprint density at radius 1 is 1.26 bits per heavy atom. The lowest BCUT2D eigenvalue weighted by molar-refractivity contribution is -0.119. The molecule has 7 heteroatoms. The van der Waals surface area contributed by atoms with Crippen LogP contribution < -0.4 is 10.1 Å². The van der Waals surface area contributed by atoms with Gasteiger partial charge in [0.05, 0.1) is 5.75 Å². The van der Waals surface area contributed by atoms with E-state index in [2.05, 4.69) is 22.4 Å². The molecule has 6 nitrogen and oxygen atoms in total. The van der Waals surface area contributed by atoms with Gasteiger partial charge in [0.25, 0.3) is 11.1 Å². The first kappa shape index (κ1) is 18.3. The molecular formula is C20H25N3O3S. The molecule has 2 fully saturated rings. The highest BCUT2D eigenvalue weighted by Crippen LogP contribution is 2.44. The summed E-state index contributed by atoms with van der Waals surface area (Å²) < 4.78 is 11.3. The number of nitrogens with one attached hydrogen (secondary N) is 1. The van der Waals surface area contributed by atoms with Gasteiger partial charge >= 0.3 is 0 Å². The highest BCUT2D eigenvalue weighted by atomic mass is 32.2. The smallest absolute Gasteiger partial charge is 0.277 e. The Morgan fingerprint density at radius 2 is 2.15 bits per heavy atom. The number of carbonyl (C=O) groups excluding carboxylic acids is 1. The van der Waals surface area contributed by atoms with Crippen LogP contribution in [0.15, 0.2) is 27.8 Å². The molecule has 1 amide bonds. The summed E-state index contributed by atoms with van der Waals surface area (Å²) >= 11 is 1.27. The first-order valence-corrected chi connectivity index (χ1v) is 10.5. The summed E-state index contributed by atoms with van der Waals surface area (Å²) in [5.41, 5.74) is 2.40. The van der Waals surface area contributed by atoms with Crippen molar-refractivity contribution in [1.29, 1.82) is 0 Å². The Labute approximate surface area is 163 Å². The lowest BCUT2D eigenvalue weighted by Crippen LogP contribution is -2.39. The standard InChI is InChI=1S/C20H25N3O3S/c1-12-3-6-16(7-13(12)2)25-10-19-22-23-20(26-19)27-11-18(24)21-17-9-14-4-5-15(17)8-14/h3,6-7,14-15,17H,4-5,8-11H2,1-2H3,(H,21,24)/t14-,15-,17+/m0/s1. The van der Waals surface area contributed by atoms with Gasteiger partial charge in [0.1, 0.15) is 5.75 Å². The van der Waals surface area contributed by atoms with Gasteiger partial charge in [-0.3, -0.25) is 4.79 Å². The minimum absolute atomic E-state index is 0.0451. The molecule has 144 valence electrons. The number of hydrogen-bond donors (Lipinski definition) is 1. The molecule has 2 aliphatic rings. The van der Waals surface area contributed by atoms with Crippen molar-refractivity contribution in [1.82, 2.24) is 15.5 Å². The Balaban J connectivity index is 1.22. The van der Waals surface area contributed by atoms with E-state index in [0.717, 1.165) is 18.1 Å². The maximum Gasteiger partial charge on any atom is 0.277 e. The molecule has 2 saturated carbocycles. The third-order valence-corrected chi connectivity index (χ3v) is 6.52. The summed E-state index contributed by atoms with van der Waals surface area (Å²) in [7, 11) is 0. The molecule has 0 radical (unpaired) electrons. The van der Waals surface area contributed by atoms with Crippen molar-refractivity contribution in [2.75, 3.05) is 5.75 Å². The van der Waals surface area contributed by atoms with Gasteiger partial charge in [-0.05, 0) is 68.2 Å². The van der Waals surface area contributed by atoms with Gasteiger partial charge in [0, 0.05) is 6.04 Å². The van der Waals surface area contributed by atoms with Crippen molar-refractivity contribution in [3.8, 4) is 5.75 Å². The Morgan fingerprint density at radius 3 is 2.89 bits per heavy atom. The van der Waals surface area contributed by atoms with Gasteiger partial charge < -0.3 is 14.5 Å². The van der Waals surface area contributed by atoms with Crippen LogP contribution in [0, 0.1) is 25.7 Å². The summed E-state index contributed by atoms with van der Waals surface area (Å²) in [6.45, 7) is 4.33. The molecule has 1 heterocycles. The number of ether oxygens (including phenoxy) is 1. The fraction of sp³-hybridized carbons (Fsp3) is 0.550. The number of thioether (sulfide) groups is 1. The van der Waals surface area contributed by atoms with Crippen LogP contribution in [0.5, 0.6) is 5.75 Å². The lowest BCUT2D eigenvalue weighted by atomic mass is 9.95. The third kappa shape index (κ3) is 4.46. The number of nitrogens with zero attached hydrogens (tertiary/aromatic N) is 2. The summed E-state index contributed by atoms with van der Waals surface area (Å²) in [5.74, 6) is 3.03. The number of aryl methyl sites for hydroxylation is 2. The molecule has 2 aromatic rings. The van der Waals surface area contributed by atoms with Crippen molar-refractivity contribution < 1.29 is 13.9 Å². The van der Waals surface area contributed by atoms with E-state index in [9.17, 15) is 4.79 Å². The molecule has 0 unspecified atom stereocenters. The van der Waals surface area contributed by atoms with E-state index in [0.29, 0.717) is 28.8 Å². The minimum atomic E-state index is 0.0451. The fourth-order valence-corrected chi connectivity index (χ4v) is 4.69. The van der Waals surface area contributed by atoms with Crippen LogP contribution in [0.1, 0.15) is 42.7 Å². The van der Waals surface area contributed by atoms with Crippen LogP contribution in [0.25, 0.3) is 0 Å². The molecule has 1 aromatic carbocycles. The topological polar surface area (TPSA) is 77.2 Å². The third-order valence-electron chi connectivity index (χ3n) is 5.70. The summed E-state index contributed by atoms with van der Waals surface area (Å²) in [5, 5.41) is 11.5. The van der Waals surface area contributed by atoms with Crippen LogP contribution in [0.4, 0.5) is 0 Å². The zero-order valence-corrected chi connectivity index (χ0v) is 16.6. The second-order valence-electron chi connectivity index (χ2n) is 7.63. The van der Waals surface area contributed by atoms with Crippen molar-refractivity contribution in [3.05, 3.63) is 35.2 Å². The van der Waals surface area contributed by atoms with E-state index in [4.69, 9.17) is 9.15 Å². The van der Waals surface area contributed by atoms with Crippen molar-refractivity contribution in [2.45, 2.75) is 57.4 Å². The Kier molecular flexibility index (Phi) is 5.38. The first-order chi connectivity index (χ1) is 13.1. The molecule has 1 N–H and O–H groups in total. The molecule has 0 aliphatic heterocycles. The van der Waals surface area contributed by atoms with Gasteiger partial charge in [-0.2, -0.15) is 0 Å². The van der Waals surface area contributed by atoms with Crippen LogP contribution in [0.3, 0.4) is 0 Å². The number of hydrogen-bond acceptors (Lipinski definition) is 6. The van der Waals surface area contributed by atoms with E-state index < -0.39 is 0 Å². The second-order valence-corrected chi connectivity index (χ2v) is 8.56. The number of aromatic nitrogens is 2. The minimum Gasteiger partial charge on any atom is -0.484 e. The van der Waals surface area contributed by atoms with Crippen LogP contribution in [-0.4, -0.2) is 27.9 Å². The van der Waals surface area contributed by atoms with E-state index in [-0.39, 0.29) is 12.5 Å². The predicted octanol–water partition coefficient (Wildman–Crippen LogP) is 3.66. The quantitative estimate of drug-likeness (QED) is 0.731. The average Bonchev–Trinajstić information content (AvgIpc) is 3.38. The van der Waals surface area contributed by atoms with Gasteiger partial charge in [0.15, 0.2) is 6.61 Å². The average molecular weight is 388 g/mol. The largest absolute Gasteiger partial charge is 0.484 e. The Bertz CT molecular complexity index is 823. The zero-order valence-electron chi connectivity index (χ0n) is 15.7. The summed E-state index contributed by atoms with van der Waals surface area (Å²) in [6, 6.07) is 6.30. The maximum absolute atomic E-state index is 12.2. The number of rotatable bonds is 7. The van der Waals surface area contributed by atoms with Gasteiger partial charge in [-0.15, -0.1) is 10.2 Å². The van der Waals surface area contributed by atoms with Gasteiger partial charge in [0.2, 0.25) is 5.91 Å². The number of benzene rings is 1. The molecular weight excluding hydrogens is 362 g/mol. The highest BCUT2D eigenvalue weighted by molar-refractivity contribution is 7.99. The normalized spacial score (nSPS) is 23.6. The van der Waals surface area contributed by atoms with E-state index in [1.807, 2.05) is 25.1 Å². The van der Waals surface area contributed by atoms with Gasteiger partial charge in [-0.1, -0.05) is 24.2 Å². The number of carbonyl (C=O) groups is 1. The van der Waals surface area contributed by atoms with E-state index >= 15 is 0 Å². The SMILES string of the molecule is Cc1ccc(OCc2nnc(SCC(=O)N[C@@H]3C[C@H]4CC[C@H]3C4)o2)cc1C. The molecule has 0 spiro atoms. The summed E-state index contributed by atoms with van der Waals surface area (Å²) in [4.78, 5) is 12.2. The zero-order chi connectivity index (χ0) is 18.8. The number of fused-ring (bicyclic) bond motifs is 2. The Hall–Kier alpha value is -2.02. The first-order valence-electron chi connectivity index (χ1n) is 9.51. The van der Waals surface area contributed by atoms with Crippen LogP contribution in [-0.2, 0) is 11.4 Å².